The lowest BCUT2D eigenvalue weighted by molar-refractivity contribution is 0.0105. The van der Waals surface area contributed by atoms with Crippen molar-refractivity contribution in [2.24, 2.45) is 0 Å². The largest absolute Gasteiger partial charge is 0.444 e. The van der Waals surface area contributed by atoms with Crippen LogP contribution in [0.2, 0.25) is 0 Å². The summed E-state index contributed by atoms with van der Waals surface area (Å²) in [5.74, 6) is 0. The van der Waals surface area contributed by atoms with E-state index in [-0.39, 0.29) is 12.1 Å². The lowest BCUT2D eigenvalue weighted by Crippen LogP contribution is -2.57. The fraction of sp³-hybridized carbons (Fsp3) is 0.350. The van der Waals surface area contributed by atoms with E-state index in [1.54, 1.807) is 4.90 Å². The molecular weight excluding hydrogens is 300 g/mol. The van der Waals surface area contributed by atoms with Gasteiger partial charge in [-0.1, -0.05) is 48.5 Å². The average Bonchev–Trinajstić information content (AvgIpc) is 2.50. The van der Waals surface area contributed by atoms with Crippen molar-refractivity contribution in [3.05, 3.63) is 54.6 Å². The Labute approximate surface area is 143 Å². The first-order valence-electron chi connectivity index (χ1n) is 8.31. The van der Waals surface area contributed by atoms with Crippen molar-refractivity contribution in [2.45, 2.75) is 32.4 Å². The van der Waals surface area contributed by atoms with E-state index in [0.29, 0.717) is 13.1 Å². The van der Waals surface area contributed by atoms with Gasteiger partial charge in [0.05, 0.1) is 6.04 Å². The molecule has 1 fully saturated rings. The Bertz CT molecular complexity index is 701. The Hall–Kier alpha value is -2.49. The molecule has 1 aliphatic rings. The fourth-order valence-electron chi connectivity index (χ4n) is 2.74. The molecule has 0 unspecified atom stereocenters. The van der Waals surface area contributed by atoms with Crippen LogP contribution in [0.5, 0.6) is 0 Å². The number of anilines is 1. The second-order valence-corrected chi connectivity index (χ2v) is 7.14. The van der Waals surface area contributed by atoms with E-state index in [4.69, 9.17) is 4.74 Å². The average molecular weight is 324 g/mol. The van der Waals surface area contributed by atoms with Gasteiger partial charge in [0, 0.05) is 24.3 Å². The number of benzene rings is 2. The maximum absolute atomic E-state index is 12.0. The van der Waals surface area contributed by atoms with Crippen LogP contribution in [0, 0.1) is 0 Å². The number of likely N-dealkylation sites (tertiary alicyclic amines) is 1. The third-order valence-corrected chi connectivity index (χ3v) is 3.90. The van der Waals surface area contributed by atoms with E-state index in [1.807, 2.05) is 51.1 Å². The first-order chi connectivity index (χ1) is 11.4. The summed E-state index contributed by atoms with van der Waals surface area (Å²) >= 11 is 0. The summed E-state index contributed by atoms with van der Waals surface area (Å²) in [5.41, 5.74) is 3.01. The third-order valence-electron chi connectivity index (χ3n) is 3.90. The SMILES string of the molecule is CC(C)(C)OC(=O)N1CC(Nc2ccccc2-c2ccccc2)C1. The number of rotatable bonds is 3. The maximum atomic E-state index is 12.0. The molecule has 1 N–H and O–H groups in total. The molecule has 0 bridgehead atoms. The van der Waals surface area contributed by atoms with Crippen molar-refractivity contribution in [2.75, 3.05) is 18.4 Å². The van der Waals surface area contributed by atoms with E-state index in [2.05, 4.69) is 29.6 Å². The Kier molecular flexibility index (Phi) is 4.47. The van der Waals surface area contributed by atoms with Gasteiger partial charge in [0.1, 0.15) is 5.60 Å². The second kappa shape index (κ2) is 6.56. The van der Waals surface area contributed by atoms with Gasteiger partial charge in [0.25, 0.3) is 0 Å². The first-order valence-corrected chi connectivity index (χ1v) is 8.31. The van der Waals surface area contributed by atoms with Gasteiger partial charge >= 0.3 is 6.09 Å². The lowest BCUT2D eigenvalue weighted by Gasteiger charge is -2.40. The molecule has 0 saturated carbocycles. The van der Waals surface area contributed by atoms with Gasteiger partial charge in [0.2, 0.25) is 0 Å². The minimum atomic E-state index is -0.449. The number of amides is 1. The molecular formula is C20H24N2O2. The molecule has 0 radical (unpaired) electrons. The summed E-state index contributed by atoms with van der Waals surface area (Å²) in [4.78, 5) is 13.7. The quantitative estimate of drug-likeness (QED) is 0.910. The smallest absolute Gasteiger partial charge is 0.410 e. The number of nitrogens with zero attached hydrogens (tertiary/aromatic N) is 1. The van der Waals surface area contributed by atoms with Gasteiger partial charge in [0.15, 0.2) is 0 Å². The summed E-state index contributed by atoms with van der Waals surface area (Å²) in [6.07, 6.45) is -0.239. The summed E-state index contributed by atoms with van der Waals surface area (Å²) in [6, 6.07) is 18.8. The Balaban J connectivity index is 1.62. The van der Waals surface area contributed by atoms with E-state index >= 15 is 0 Å². The molecule has 1 saturated heterocycles. The fourth-order valence-corrected chi connectivity index (χ4v) is 2.74. The molecule has 1 amide bonds. The number of ether oxygens (including phenoxy) is 1. The van der Waals surface area contributed by atoms with Gasteiger partial charge < -0.3 is 15.0 Å². The molecule has 4 heteroatoms. The topological polar surface area (TPSA) is 41.6 Å². The van der Waals surface area contributed by atoms with Crippen LogP contribution < -0.4 is 5.32 Å². The predicted octanol–water partition coefficient (Wildman–Crippen LogP) is 4.38. The van der Waals surface area contributed by atoms with Gasteiger partial charge in [-0.25, -0.2) is 4.79 Å². The van der Waals surface area contributed by atoms with Gasteiger partial charge in [-0.15, -0.1) is 0 Å². The van der Waals surface area contributed by atoms with Crippen molar-refractivity contribution in [1.29, 1.82) is 0 Å². The third kappa shape index (κ3) is 3.88. The summed E-state index contributed by atoms with van der Waals surface area (Å²) in [6.45, 7) is 6.99. The normalized spacial score (nSPS) is 14.9. The van der Waals surface area contributed by atoms with Crippen LogP contribution in [0.15, 0.2) is 54.6 Å². The molecule has 1 heterocycles. The summed E-state index contributed by atoms with van der Waals surface area (Å²) in [7, 11) is 0. The predicted molar refractivity (Wildman–Crippen MR) is 97.1 cm³/mol. The zero-order valence-electron chi connectivity index (χ0n) is 14.5. The monoisotopic (exact) mass is 324 g/mol. The van der Waals surface area contributed by atoms with E-state index in [1.165, 1.54) is 11.1 Å². The van der Waals surface area contributed by atoms with Crippen LogP contribution in [0.4, 0.5) is 10.5 Å². The van der Waals surface area contributed by atoms with Crippen molar-refractivity contribution in [3.63, 3.8) is 0 Å². The second-order valence-electron chi connectivity index (χ2n) is 7.14. The van der Waals surface area contributed by atoms with Crippen molar-refractivity contribution >= 4 is 11.8 Å². The van der Waals surface area contributed by atoms with E-state index < -0.39 is 5.60 Å². The molecule has 2 aromatic carbocycles. The molecule has 4 nitrogen and oxygen atoms in total. The van der Waals surface area contributed by atoms with Crippen LogP contribution >= 0.6 is 0 Å². The van der Waals surface area contributed by atoms with Gasteiger partial charge in [-0.3, -0.25) is 0 Å². The molecule has 1 aliphatic heterocycles. The zero-order valence-corrected chi connectivity index (χ0v) is 14.5. The highest BCUT2D eigenvalue weighted by molar-refractivity contribution is 5.78. The van der Waals surface area contributed by atoms with Crippen LogP contribution in [-0.4, -0.2) is 35.7 Å². The molecule has 0 spiro atoms. The summed E-state index contributed by atoms with van der Waals surface area (Å²) < 4.78 is 5.39. The molecule has 3 rings (SSSR count). The van der Waals surface area contributed by atoms with Crippen LogP contribution in [0.3, 0.4) is 0 Å². The maximum Gasteiger partial charge on any atom is 0.410 e. The Morgan fingerprint density at radius 1 is 1.04 bits per heavy atom. The number of hydrogen-bond acceptors (Lipinski definition) is 3. The Morgan fingerprint density at radius 3 is 2.33 bits per heavy atom. The highest BCUT2D eigenvalue weighted by Crippen LogP contribution is 2.29. The zero-order chi connectivity index (χ0) is 17.2. The molecule has 0 atom stereocenters. The van der Waals surface area contributed by atoms with E-state index in [9.17, 15) is 4.79 Å². The lowest BCUT2D eigenvalue weighted by atomic mass is 10.0. The van der Waals surface area contributed by atoms with E-state index in [0.717, 1.165) is 5.69 Å². The molecule has 0 aromatic heterocycles. The van der Waals surface area contributed by atoms with Crippen molar-refractivity contribution < 1.29 is 9.53 Å². The number of hydrogen-bond donors (Lipinski definition) is 1. The van der Waals surface area contributed by atoms with Crippen LogP contribution in [0.25, 0.3) is 11.1 Å². The van der Waals surface area contributed by atoms with Gasteiger partial charge in [-0.2, -0.15) is 0 Å². The number of nitrogens with one attached hydrogen (secondary N) is 1. The number of carbonyl (C=O) groups is 1. The minimum Gasteiger partial charge on any atom is -0.444 e. The van der Waals surface area contributed by atoms with Crippen LogP contribution in [0.1, 0.15) is 20.8 Å². The number of para-hydroxylation sites is 1. The molecule has 126 valence electrons. The summed E-state index contributed by atoms with van der Waals surface area (Å²) in [5, 5.41) is 3.54. The minimum absolute atomic E-state index is 0.239. The molecule has 2 aromatic rings. The van der Waals surface area contributed by atoms with Crippen molar-refractivity contribution in [1.82, 2.24) is 4.90 Å². The number of carbonyl (C=O) groups excluding carboxylic acids is 1. The molecule has 24 heavy (non-hydrogen) atoms. The molecule has 0 aliphatic carbocycles. The Morgan fingerprint density at radius 2 is 1.67 bits per heavy atom. The first kappa shape index (κ1) is 16.4. The van der Waals surface area contributed by atoms with Crippen LogP contribution in [-0.2, 0) is 4.74 Å². The van der Waals surface area contributed by atoms with Crippen molar-refractivity contribution in [3.8, 4) is 11.1 Å². The highest BCUT2D eigenvalue weighted by atomic mass is 16.6. The standard InChI is InChI=1S/C20H24N2O2/c1-20(2,3)24-19(23)22-13-16(14-22)21-18-12-8-7-11-17(18)15-9-5-4-6-10-15/h4-12,16,21H,13-14H2,1-3H3. The van der Waals surface area contributed by atoms with Gasteiger partial charge in [-0.05, 0) is 32.4 Å². The highest BCUT2D eigenvalue weighted by Gasteiger charge is 2.33.